The summed E-state index contributed by atoms with van der Waals surface area (Å²) in [5.41, 5.74) is 4.98. The maximum absolute atomic E-state index is 10.9. The topological polar surface area (TPSA) is 101 Å². The number of nitrogens with one attached hydrogen (secondary N) is 1. The van der Waals surface area contributed by atoms with E-state index in [0.717, 1.165) is 0 Å². The molecule has 1 unspecified atom stereocenters. The first-order valence-corrected chi connectivity index (χ1v) is 4.46. The molecule has 6 heteroatoms. The summed E-state index contributed by atoms with van der Waals surface area (Å²) in [6, 6.07) is -0.122. The molecule has 0 fully saturated rings. The quantitative estimate of drug-likeness (QED) is 0.300. The number of carbonyl (C=O) groups excluding carboxylic acids is 1. The number of nitrogens with two attached hydrogens (primary N) is 1. The highest BCUT2D eigenvalue weighted by Crippen LogP contribution is 2.02. The van der Waals surface area contributed by atoms with E-state index in [9.17, 15) is 4.79 Å². The summed E-state index contributed by atoms with van der Waals surface area (Å²) >= 11 is 0. The van der Waals surface area contributed by atoms with Gasteiger partial charge in [0.1, 0.15) is 0 Å². The van der Waals surface area contributed by atoms with Gasteiger partial charge >= 0.3 is 5.97 Å². The molecule has 0 radical (unpaired) electrons. The molecule has 80 valence electrons. The van der Waals surface area contributed by atoms with E-state index in [-0.39, 0.29) is 18.0 Å². The molecule has 0 bridgehead atoms. The summed E-state index contributed by atoms with van der Waals surface area (Å²) in [6.45, 7) is 3.95. The summed E-state index contributed by atoms with van der Waals surface area (Å²) in [7, 11) is 0. The van der Waals surface area contributed by atoms with Crippen LogP contribution in [0.3, 0.4) is 0 Å². The van der Waals surface area contributed by atoms with E-state index >= 15 is 0 Å². The fraction of sp³-hybridized carbons (Fsp3) is 0.750. The molecule has 0 aromatic heterocycles. The largest absolute Gasteiger partial charge is 0.466 e. The lowest BCUT2D eigenvalue weighted by Gasteiger charge is -2.03. The van der Waals surface area contributed by atoms with Crippen LogP contribution in [0.25, 0.3) is 0 Å². The van der Waals surface area contributed by atoms with Crippen molar-refractivity contribution in [1.29, 1.82) is 5.41 Å². The standard InChI is InChI=1S/C8H16N4O2/c1-3-14-7(13)5-4-6(2)11-12-8(9)10/h6H,3-5H2,1-2H3,(H3,9,10). The zero-order chi connectivity index (χ0) is 11.0. The minimum absolute atomic E-state index is 0.122. The molecule has 0 amide bonds. The van der Waals surface area contributed by atoms with Crippen LogP contribution in [0, 0.1) is 5.41 Å². The number of nitrogens with zero attached hydrogens (tertiary/aromatic N) is 2. The van der Waals surface area contributed by atoms with Gasteiger partial charge in [-0.2, -0.15) is 5.11 Å². The van der Waals surface area contributed by atoms with Crippen LogP contribution < -0.4 is 5.73 Å². The Balaban J connectivity index is 3.68. The van der Waals surface area contributed by atoms with Crippen molar-refractivity contribution in [2.24, 2.45) is 16.0 Å². The van der Waals surface area contributed by atoms with Crippen molar-refractivity contribution in [2.75, 3.05) is 6.61 Å². The van der Waals surface area contributed by atoms with E-state index < -0.39 is 0 Å². The van der Waals surface area contributed by atoms with Gasteiger partial charge in [-0.05, 0) is 20.3 Å². The Labute approximate surface area is 83.0 Å². The van der Waals surface area contributed by atoms with Crippen LogP contribution in [-0.2, 0) is 9.53 Å². The Morgan fingerprint density at radius 2 is 2.29 bits per heavy atom. The van der Waals surface area contributed by atoms with Crippen molar-refractivity contribution in [3.8, 4) is 0 Å². The third kappa shape index (κ3) is 7.20. The molecule has 0 saturated heterocycles. The molecule has 0 aliphatic rings. The maximum atomic E-state index is 10.9. The normalized spacial score (nSPS) is 12.7. The summed E-state index contributed by atoms with van der Waals surface area (Å²) in [6.07, 6.45) is 0.863. The molecule has 14 heavy (non-hydrogen) atoms. The molecule has 0 heterocycles. The van der Waals surface area contributed by atoms with Crippen molar-refractivity contribution in [1.82, 2.24) is 0 Å². The van der Waals surface area contributed by atoms with Crippen molar-refractivity contribution in [2.45, 2.75) is 32.7 Å². The van der Waals surface area contributed by atoms with Crippen LogP contribution in [0.5, 0.6) is 0 Å². The third-order valence-corrected chi connectivity index (χ3v) is 1.43. The van der Waals surface area contributed by atoms with Crippen LogP contribution in [0.2, 0.25) is 0 Å². The van der Waals surface area contributed by atoms with E-state index in [0.29, 0.717) is 19.4 Å². The smallest absolute Gasteiger partial charge is 0.305 e. The fourth-order valence-electron chi connectivity index (χ4n) is 0.778. The van der Waals surface area contributed by atoms with Gasteiger partial charge in [-0.3, -0.25) is 10.2 Å². The minimum atomic E-state index is -0.326. The minimum Gasteiger partial charge on any atom is -0.466 e. The Morgan fingerprint density at radius 3 is 2.79 bits per heavy atom. The number of rotatable bonds is 5. The number of azo groups is 1. The average Bonchev–Trinajstić information content (AvgIpc) is 2.12. The molecule has 0 aromatic rings. The molecule has 0 aromatic carbocycles. The van der Waals surface area contributed by atoms with Crippen LogP contribution in [-0.4, -0.2) is 24.6 Å². The van der Waals surface area contributed by atoms with Gasteiger partial charge in [0.05, 0.1) is 12.6 Å². The Morgan fingerprint density at radius 1 is 1.64 bits per heavy atom. The zero-order valence-electron chi connectivity index (χ0n) is 8.49. The molecule has 1 atom stereocenters. The van der Waals surface area contributed by atoms with E-state index in [1.165, 1.54) is 0 Å². The molecule has 3 N–H and O–H groups in total. The number of hydrogen-bond donors (Lipinski definition) is 2. The maximum Gasteiger partial charge on any atom is 0.305 e. The molecule has 0 aliphatic heterocycles. The Bertz CT molecular complexity index is 227. The first-order chi connectivity index (χ1) is 6.56. The van der Waals surface area contributed by atoms with Crippen molar-refractivity contribution < 1.29 is 9.53 Å². The van der Waals surface area contributed by atoms with Crippen molar-refractivity contribution >= 4 is 11.9 Å². The molecular formula is C8H16N4O2. The second-order valence-corrected chi connectivity index (χ2v) is 2.79. The highest BCUT2D eigenvalue weighted by molar-refractivity contribution is 5.74. The lowest BCUT2D eigenvalue weighted by atomic mass is 10.2. The van der Waals surface area contributed by atoms with Crippen molar-refractivity contribution in [3.05, 3.63) is 0 Å². The van der Waals surface area contributed by atoms with E-state index in [1.54, 1.807) is 13.8 Å². The van der Waals surface area contributed by atoms with E-state index in [4.69, 9.17) is 15.9 Å². The predicted molar refractivity (Wildman–Crippen MR) is 52.1 cm³/mol. The van der Waals surface area contributed by atoms with Crippen molar-refractivity contribution in [3.63, 3.8) is 0 Å². The van der Waals surface area contributed by atoms with Gasteiger partial charge in [-0.25, -0.2) is 0 Å². The number of hydrogen-bond acceptors (Lipinski definition) is 4. The summed E-state index contributed by atoms with van der Waals surface area (Å²) in [5.74, 6) is -0.564. The molecule has 6 nitrogen and oxygen atoms in total. The van der Waals surface area contributed by atoms with Gasteiger partial charge in [0.15, 0.2) is 0 Å². The summed E-state index contributed by atoms with van der Waals surface area (Å²) in [4.78, 5) is 10.9. The van der Waals surface area contributed by atoms with E-state index in [2.05, 4.69) is 10.2 Å². The van der Waals surface area contributed by atoms with Gasteiger partial charge in [-0.1, -0.05) is 0 Å². The zero-order valence-corrected chi connectivity index (χ0v) is 8.49. The number of guanidine groups is 1. The van der Waals surface area contributed by atoms with Crippen LogP contribution in [0.15, 0.2) is 10.2 Å². The summed E-state index contributed by atoms with van der Waals surface area (Å²) in [5, 5.41) is 13.9. The fourth-order valence-corrected chi connectivity index (χ4v) is 0.778. The molecule has 0 aliphatic carbocycles. The third-order valence-electron chi connectivity index (χ3n) is 1.43. The van der Waals surface area contributed by atoms with Gasteiger partial charge < -0.3 is 10.5 Å². The van der Waals surface area contributed by atoms with Gasteiger partial charge in [0.2, 0.25) is 5.96 Å². The van der Waals surface area contributed by atoms with Gasteiger partial charge in [0.25, 0.3) is 0 Å². The number of ether oxygens (including phenoxy) is 1. The second kappa shape index (κ2) is 6.99. The van der Waals surface area contributed by atoms with Crippen LogP contribution in [0.4, 0.5) is 0 Å². The first-order valence-electron chi connectivity index (χ1n) is 4.46. The Kier molecular flexibility index (Phi) is 6.26. The molecular weight excluding hydrogens is 184 g/mol. The SMILES string of the molecule is CCOC(=O)CCC(C)N=NC(=N)N. The second-order valence-electron chi connectivity index (χ2n) is 2.79. The van der Waals surface area contributed by atoms with E-state index in [1.807, 2.05) is 0 Å². The monoisotopic (exact) mass is 200 g/mol. The highest BCUT2D eigenvalue weighted by Gasteiger charge is 2.05. The molecule has 0 spiro atoms. The highest BCUT2D eigenvalue weighted by atomic mass is 16.5. The molecule has 0 rings (SSSR count). The number of carbonyl (C=O) groups is 1. The number of esters is 1. The average molecular weight is 200 g/mol. The summed E-state index contributed by atoms with van der Waals surface area (Å²) < 4.78 is 4.74. The van der Waals surface area contributed by atoms with Gasteiger partial charge in [0, 0.05) is 6.42 Å². The first kappa shape index (κ1) is 12.5. The van der Waals surface area contributed by atoms with Gasteiger partial charge in [-0.15, -0.1) is 5.11 Å². The predicted octanol–water partition coefficient (Wildman–Crippen LogP) is 1.06. The molecule has 0 saturated carbocycles. The lowest BCUT2D eigenvalue weighted by molar-refractivity contribution is -0.143. The Hall–Kier alpha value is -1.46. The van der Waals surface area contributed by atoms with Crippen LogP contribution >= 0.6 is 0 Å². The lowest BCUT2D eigenvalue weighted by Crippen LogP contribution is -2.09. The van der Waals surface area contributed by atoms with Crippen LogP contribution in [0.1, 0.15) is 26.7 Å².